The number of likely N-dealkylation sites (N-methyl/N-ethyl adjacent to an activating group) is 1. The van der Waals surface area contributed by atoms with E-state index in [1.807, 2.05) is 30.3 Å². The lowest BCUT2D eigenvalue weighted by molar-refractivity contribution is 0.324. The Bertz CT molecular complexity index is 576. The van der Waals surface area contributed by atoms with E-state index in [1.165, 1.54) is 5.56 Å². The predicted molar refractivity (Wildman–Crippen MR) is 94.6 cm³/mol. The molecule has 0 aliphatic carbocycles. The minimum atomic E-state index is 0.886. The highest BCUT2D eigenvalue weighted by Crippen LogP contribution is 2.13. The first kappa shape index (κ1) is 16.2. The maximum Gasteiger partial charge on any atom is 0.102 e. The molecular formula is C19H25N3. The van der Waals surface area contributed by atoms with Gasteiger partial charge in [-0.3, -0.25) is 0 Å². The van der Waals surface area contributed by atoms with Crippen molar-refractivity contribution in [1.29, 1.82) is 0 Å². The van der Waals surface area contributed by atoms with Gasteiger partial charge >= 0.3 is 0 Å². The van der Waals surface area contributed by atoms with Crippen molar-refractivity contribution < 1.29 is 0 Å². The molecule has 0 saturated carbocycles. The number of rotatable bonds is 6. The number of nitrogens with zero attached hydrogens (tertiary/aromatic N) is 3. The number of hydrogen-bond donors (Lipinski definition) is 0. The third-order valence-corrected chi connectivity index (χ3v) is 3.54. The molecule has 22 heavy (non-hydrogen) atoms. The molecule has 0 fully saturated rings. The first-order chi connectivity index (χ1) is 10.6. The van der Waals surface area contributed by atoms with Crippen LogP contribution in [-0.2, 0) is 6.54 Å². The summed E-state index contributed by atoms with van der Waals surface area (Å²) in [4.78, 5) is 9.30. The van der Waals surface area contributed by atoms with Crippen molar-refractivity contribution in [3.05, 3.63) is 66.2 Å². The Hall–Kier alpha value is -2.13. The van der Waals surface area contributed by atoms with Crippen LogP contribution in [0.4, 0.5) is 5.69 Å². The molecule has 2 rings (SSSR count). The fourth-order valence-electron chi connectivity index (χ4n) is 2.24. The van der Waals surface area contributed by atoms with Gasteiger partial charge < -0.3 is 9.80 Å². The third kappa shape index (κ3) is 5.34. The SMILES string of the molecule is CC(=Nc1ccccc1)N(CCN(C)C)Cc1ccccc1. The van der Waals surface area contributed by atoms with E-state index >= 15 is 0 Å². The summed E-state index contributed by atoms with van der Waals surface area (Å²) in [7, 11) is 4.20. The largest absolute Gasteiger partial charge is 0.355 e. The second-order valence-electron chi connectivity index (χ2n) is 5.70. The normalized spacial score (nSPS) is 11.7. The van der Waals surface area contributed by atoms with Crippen LogP contribution in [0.3, 0.4) is 0 Å². The highest BCUT2D eigenvalue weighted by molar-refractivity contribution is 5.82. The van der Waals surface area contributed by atoms with Crippen molar-refractivity contribution in [1.82, 2.24) is 9.80 Å². The fourth-order valence-corrected chi connectivity index (χ4v) is 2.24. The van der Waals surface area contributed by atoms with Gasteiger partial charge in [0.05, 0.1) is 5.69 Å². The van der Waals surface area contributed by atoms with Gasteiger partial charge in [0.15, 0.2) is 0 Å². The van der Waals surface area contributed by atoms with E-state index in [-0.39, 0.29) is 0 Å². The Morgan fingerprint density at radius 2 is 1.45 bits per heavy atom. The lowest BCUT2D eigenvalue weighted by Crippen LogP contribution is -2.34. The van der Waals surface area contributed by atoms with E-state index in [0.717, 1.165) is 31.2 Å². The van der Waals surface area contributed by atoms with Crippen LogP contribution in [0.1, 0.15) is 12.5 Å². The average Bonchev–Trinajstić information content (AvgIpc) is 2.53. The van der Waals surface area contributed by atoms with Crippen molar-refractivity contribution in [3.63, 3.8) is 0 Å². The van der Waals surface area contributed by atoms with E-state index < -0.39 is 0 Å². The second-order valence-corrected chi connectivity index (χ2v) is 5.70. The molecule has 0 radical (unpaired) electrons. The summed E-state index contributed by atoms with van der Waals surface area (Å²) in [6.07, 6.45) is 0. The molecule has 3 nitrogen and oxygen atoms in total. The van der Waals surface area contributed by atoms with Gasteiger partial charge in [-0.05, 0) is 38.7 Å². The highest BCUT2D eigenvalue weighted by Gasteiger charge is 2.08. The Morgan fingerprint density at radius 1 is 0.864 bits per heavy atom. The summed E-state index contributed by atoms with van der Waals surface area (Å²) >= 11 is 0. The maximum atomic E-state index is 4.76. The van der Waals surface area contributed by atoms with Crippen LogP contribution in [0, 0.1) is 0 Å². The van der Waals surface area contributed by atoms with E-state index in [1.54, 1.807) is 0 Å². The molecule has 0 atom stereocenters. The zero-order valence-corrected chi connectivity index (χ0v) is 13.7. The van der Waals surface area contributed by atoms with Crippen molar-refractivity contribution in [2.75, 3.05) is 27.2 Å². The van der Waals surface area contributed by atoms with Crippen LogP contribution in [0.25, 0.3) is 0 Å². The van der Waals surface area contributed by atoms with Gasteiger partial charge in [0.1, 0.15) is 5.84 Å². The molecule has 0 N–H and O–H groups in total. The van der Waals surface area contributed by atoms with Crippen LogP contribution < -0.4 is 0 Å². The summed E-state index contributed by atoms with van der Waals surface area (Å²) in [6.45, 7) is 4.95. The fraction of sp³-hybridized carbons (Fsp3) is 0.316. The standard InChI is InChI=1S/C19H25N3/c1-17(20-19-12-8-5-9-13-19)22(15-14-21(2)3)16-18-10-6-4-7-11-18/h4-13H,14-16H2,1-3H3. The maximum absolute atomic E-state index is 4.76. The van der Waals surface area contributed by atoms with E-state index in [9.17, 15) is 0 Å². The molecule has 0 heterocycles. The van der Waals surface area contributed by atoms with Crippen LogP contribution in [0.15, 0.2) is 65.7 Å². The molecule has 0 amide bonds. The molecule has 0 unspecified atom stereocenters. The number of hydrogen-bond acceptors (Lipinski definition) is 2. The molecular weight excluding hydrogens is 270 g/mol. The van der Waals surface area contributed by atoms with Crippen molar-refractivity contribution in [3.8, 4) is 0 Å². The summed E-state index contributed by atoms with van der Waals surface area (Å²) in [5.41, 5.74) is 2.31. The lowest BCUT2D eigenvalue weighted by Gasteiger charge is -2.26. The molecule has 3 heteroatoms. The van der Waals surface area contributed by atoms with Crippen LogP contribution in [0.2, 0.25) is 0 Å². The zero-order chi connectivity index (χ0) is 15.8. The van der Waals surface area contributed by atoms with Crippen molar-refractivity contribution in [2.45, 2.75) is 13.5 Å². The zero-order valence-electron chi connectivity index (χ0n) is 13.7. The summed E-state index contributed by atoms with van der Waals surface area (Å²) in [5.74, 6) is 1.05. The molecule has 0 saturated heterocycles. The molecule has 2 aromatic carbocycles. The Morgan fingerprint density at radius 3 is 2.05 bits per heavy atom. The number of amidine groups is 1. The van der Waals surface area contributed by atoms with Gasteiger partial charge in [-0.25, -0.2) is 4.99 Å². The van der Waals surface area contributed by atoms with Crippen LogP contribution in [0.5, 0.6) is 0 Å². The predicted octanol–water partition coefficient (Wildman–Crippen LogP) is 3.80. The topological polar surface area (TPSA) is 18.8 Å². The van der Waals surface area contributed by atoms with Gasteiger partial charge in [-0.15, -0.1) is 0 Å². The van der Waals surface area contributed by atoms with Gasteiger partial charge in [0.25, 0.3) is 0 Å². The average molecular weight is 295 g/mol. The van der Waals surface area contributed by atoms with E-state index in [0.29, 0.717) is 0 Å². The lowest BCUT2D eigenvalue weighted by atomic mass is 10.2. The Balaban J connectivity index is 2.14. The van der Waals surface area contributed by atoms with Gasteiger partial charge in [-0.1, -0.05) is 48.5 Å². The van der Waals surface area contributed by atoms with Crippen molar-refractivity contribution in [2.24, 2.45) is 4.99 Å². The smallest absolute Gasteiger partial charge is 0.102 e. The highest BCUT2D eigenvalue weighted by atomic mass is 15.2. The first-order valence-electron chi connectivity index (χ1n) is 7.69. The molecule has 0 aliphatic rings. The van der Waals surface area contributed by atoms with Crippen LogP contribution >= 0.6 is 0 Å². The van der Waals surface area contributed by atoms with E-state index in [4.69, 9.17) is 4.99 Å². The first-order valence-corrected chi connectivity index (χ1v) is 7.69. The second kappa shape index (κ2) is 8.35. The number of aliphatic imine (C=N–C) groups is 1. The molecule has 2 aromatic rings. The molecule has 0 spiro atoms. The minimum absolute atomic E-state index is 0.886. The number of benzene rings is 2. The molecule has 0 bridgehead atoms. The molecule has 0 aliphatic heterocycles. The Labute approximate surface area is 133 Å². The van der Waals surface area contributed by atoms with Gasteiger partial charge in [-0.2, -0.15) is 0 Å². The third-order valence-electron chi connectivity index (χ3n) is 3.54. The summed E-state index contributed by atoms with van der Waals surface area (Å²) in [6, 6.07) is 20.7. The quantitative estimate of drug-likeness (QED) is 0.596. The monoisotopic (exact) mass is 295 g/mol. The number of para-hydroxylation sites is 1. The van der Waals surface area contributed by atoms with Crippen LogP contribution in [-0.4, -0.2) is 42.8 Å². The van der Waals surface area contributed by atoms with Gasteiger partial charge in [0, 0.05) is 19.6 Å². The van der Waals surface area contributed by atoms with Crippen molar-refractivity contribution >= 4 is 11.5 Å². The summed E-state index contributed by atoms with van der Waals surface area (Å²) < 4.78 is 0. The Kier molecular flexibility index (Phi) is 6.16. The molecule has 0 aromatic heterocycles. The minimum Gasteiger partial charge on any atom is -0.355 e. The van der Waals surface area contributed by atoms with E-state index in [2.05, 4.69) is 61.2 Å². The van der Waals surface area contributed by atoms with Gasteiger partial charge in [0.2, 0.25) is 0 Å². The summed E-state index contributed by atoms with van der Waals surface area (Å²) in [5, 5.41) is 0. The molecule has 116 valence electrons.